The number of carbonyl (C=O) groups is 1. The maximum atomic E-state index is 13.0. The van der Waals surface area contributed by atoms with Crippen molar-refractivity contribution in [2.75, 3.05) is 61.1 Å². The van der Waals surface area contributed by atoms with Gasteiger partial charge in [-0.1, -0.05) is 29.5 Å². The van der Waals surface area contributed by atoms with Crippen molar-refractivity contribution < 1.29 is 19.0 Å². The summed E-state index contributed by atoms with van der Waals surface area (Å²) >= 11 is 1.37. The third-order valence-electron chi connectivity index (χ3n) is 5.48. The number of nitrogens with zero attached hydrogens (tertiary/aromatic N) is 4. The van der Waals surface area contributed by atoms with Crippen molar-refractivity contribution in [2.45, 2.75) is 20.8 Å². The van der Waals surface area contributed by atoms with Crippen molar-refractivity contribution >= 4 is 33.2 Å². The van der Waals surface area contributed by atoms with E-state index in [-0.39, 0.29) is 5.91 Å². The first-order chi connectivity index (χ1) is 17.1. The Hall–Kier alpha value is -3.53. The highest BCUT2D eigenvalue weighted by molar-refractivity contribution is 7.19. The molecule has 1 aliphatic heterocycles. The third kappa shape index (κ3) is 5.94. The molecule has 0 radical (unpaired) electrons. The molecule has 2 heterocycles. The summed E-state index contributed by atoms with van der Waals surface area (Å²) in [5.41, 5.74) is 1.62. The van der Waals surface area contributed by atoms with Crippen LogP contribution in [0.25, 0.3) is 0 Å². The summed E-state index contributed by atoms with van der Waals surface area (Å²) < 4.78 is 17.2. The Kier molecular flexibility index (Phi) is 8.25. The Morgan fingerprint density at radius 3 is 2.09 bits per heavy atom. The molecule has 3 aromatic rings. The van der Waals surface area contributed by atoms with E-state index in [1.807, 2.05) is 26.8 Å². The summed E-state index contributed by atoms with van der Waals surface area (Å²) in [5, 5.41) is 12.6. The first kappa shape index (κ1) is 24.6. The van der Waals surface area contributed by atoms with E-state index in [1.54, 1.807) is 12.1 Å². The van der Waals surface area contributed by atoms with Crippen LogP contribution in [-0.2, 0) is 0 Å². The average molecular weight is 498 g/mol. The summed E-state index contributed by atoms with van der Waals surface area (Å²) in [6.45, 7) is 10.5. The Balaban J connectivity index is 1.43. The number of ether oxygens (including phenoxy) is 3. The quantitative estimate of drug-likeness (QED) is 0.443. The van der Waals surface area contributed by atoms with E-state index in [0.717, 1.165) is 31.3 Å². The molecule has 0 spiro atoms. The maximum absolute atomic E-state index is 13.0. The summed E-state index contributed by atoms with van der Waals surface area (Å²) in [7, 11) is 0. The van der Waals surface area contributed by atoms with Gasteiger partial charge in [-0.25, -0.2) is 0 Å². The molecule has 4 rings (SSSR count). The minimum atomic E-state index is -0.313. The predicted octanol–water partition coefficient (Wildman–Crippen LogP) is 4.31. The Bertz CT molecular complexity index is 1090. The van der Waals surface area contributed by atoms with Crippen LogP contribution < -0.4 is 29.3 Å². The van der Waals surface area contributed by atoms with E-state index < -0.39 is 0 Å². The number of hydrogen-bond donors (Lipinski definition) is 1. The van der Waals surface area contributed by atoms with Crippen LogP contribution in [0.15, 0.2) is 42.5 Å². The molecule has 1 aromatic heterocycles. The van der Waals surface area contributed by atoms with Crippen molar-refractivity contribution in [2.24, 2.45) is 0 Å². The van der Waals surface area contributed by atoms with Gasteiger partial charge in [-0.2, -0.15) is 0 Å². The number of anilines is 3. The Morgan fingerprint density at radius 2 is 1.49 bits per heavy atom. The fraction of sp³-hybridized carbons (Fsp3) is 0.400. The molecule has 10 heteroatoms. The first-order valence-electron chi connectivity index (χ1n) is 11.9. The van der Waals surface area contributed by atoms with Gasteiger partial charge in [0, 0.05) is 37.4 Å². The number of benzene rings is 2. The maximum Gasteiger partial charge on any atom is 0.257 e. The molecule has 2 aromatic carbocycles. The van der Waals surface area contributed by atoms with Crippen LogP contribution in [0.3, 0.4) is 0 Å². The number of amides is 1. The molecule has 0 bridgehead atoms. The van der Waals surface area contributed by atoms with E-state index in [9.17, 15) is 4.79 Å². The van der Waals surface area contributed by atoms with Gasteiger partial charge in [-0.3, -0.25) is 10.1 Å². The lowest BCUT2D eigenvalue weighted by atomic mass is 10.1. The molecule has 0 atom stereocenters. The molecule has 1 amide bonds. The molecule has 0 aliphatic carbocycles. The number of nitrogens with one attached hydrogen (secondary N) is 1. The predicted molar refractivity (Wildman–Crippen MR) is 139 cm³/mol. The highest BCUT2D eigenvalue weighted by Crippen LogP contribution is 2.39. The summed E-state index contributed by atoms with van der Waals surface area (Å²) in [4.78, 5) is 17.6. The fourth-order valence-corrected chi connectivity index (χ4v) is 4.67. The Labute approximate surface area is 209 Å². The van der Waals surface area contributed by atoms with E-state index >= 15 is 0 Å². The number of aromatic nitrogens is 2. The highest BCUT2D eigenvalue weighted by atomic mass is 32.1. The topological polar surface area (TPSA) is 89.0 Å². The van der Waals surface area contributed by atoms with Gasteiger partial charge in [0.1, 0.15) is 0 Å². The minimum Gasteiger partial charge on any atom is -0.490 e. The molecule has 9 nitrogen and oxygen atoms in total. The van der Waals surface area contributed by atoms with Gasteiger partial charge < -0.3 is 24.0 Å². The van der Waals surface area contributed by atoms with Crippen LogP contribution in [0.1, 0.15) is 31.1 Å². The van der Waals surface area contributed by atoms with Crippen molar-refractivity contribution in [3.8, 4) is 17.2 Å². The lowest BCUT2D eigenvalue weighted by Gasteiger charge is -2.35. The average Bonchev–Trinajstić information content (AvgIpc) is 3.35. The fourth-order valence-electron chi connectivity index (χ4n) is 3.88. The second kappa shape index (κ2) is 11.7. The zero-order chi connectivity index (χ0) is 24.6. The molecule has 35 heavy (non-hydrogen) atoms. The van der Waals surface area contributed by atoms with Gasteiger partial charge >= 0.3 is 0 Å². The van der Waals surface area contributed by atoms with E-state index in [2.05, 4.69) is 49.6 Å². The number of piperazine rings is 1. The lowest BCUT2D eigenvalue weighted by Crippen LogP contribution is -2.46. The molecular weight excluding hydrogens is 466 g/mol. The number of rotatable bonds is 10. The van der Waals surface area contributed by atoms with E-state index in [1.165, 1.54) is 17.0 Å². The van der Waals surface area contributed by atoms with Gasteiger partial charge in [-0.05, 0) is 45.0 Å². The summed E-state index contributed by atoms with van der Waals surface area (Å²) in [5.74, 6) is 1.13. The van der Waals surface area contributed by atoms with Gasteiger partial charge in [0.15, 0.2) is 11.5 Å². The van der Waals surface area contributed by atoms with Crippen LogP contribution in [-0.4, -0.2) is 62.1 Å². The monoisotopic (exact) mass is 497 g/mol. The van der Waals surface area contributed by atoms with Gasteiger partial charge in [0.05, 0.1) is 19.8 Å². The largest absolute Gasteiger partial charge is 0.490 e. The van der Waals surface area contributed by atoms with Crippen molar-refractivity contribution in [3.63, 3.8) is 0 Å². The number of carbonyl (C=O) groups excluding carboxylic acids is 1. The third-order valence-corrected chi connectivity index (χ3v) is 6.38. The van der Waals surface area contributed by atoms with E-state index in [4.69, 9.17) is 14.2 Å². The summed E-state index contributed by atoms with van der Waals surface area (Å²) in [6, 6.07) is 13.7. The zero-order valence-corrected chi connectivity index (χ0v) is 21.1. The first-order valence-corrected chi connectivity index (χ1v) is 12.7. The standard InChI is InChI=1S/C25H31N5O4S/c1-4-32-20-16-18(17-21(33-5-2)22(20)34-6-3)23(31)26-24-27-28-25(35-24)30-14-12-29(13-15-30)19-10-8-7-9-11-19/h7-11,16-17H,4-6,12-15H2,1-3H3,(H,26,27,31). The lowest BCUT2D eigenvalue weighted by molar-refractivity contribution is 0.102. The van der Waals surface area contributed by atoms with Gasteiger partial charge in [0.25, 0.3) is 5.91 Å². The summed E-state index contributed by atoms with van der Waals surface area (Å²) in [6.07, 6.45) is 0. The molecule has 1 fully saturated rings. The van der Waals surface area contributed by atoms with E-state index in [0.29, 0.717) is 47.8 Å². The molecular formula is C25H31N5O4S. The van der Waals surface area contributed by atoms with Gasteiger partial charge in [0.2, 0.25) is 16.0 Å². The second-order valence-corrected chi connectivity index (χ2v) is 8.71. The molecule has 1 N–H and O–H groups in total. The Morgan fingerprint density at radius 1 is 0.886 bits per heavy atom. The molecule has 0 saturated carbocycles. The normalized spacial score (nSPS) is 13.5. The number of hydrogen-bond acceptors (Lipinski definition) is 9. The van der Waals surface area contributed by atoms with Crippen LogP contribution in [0, 0.1) is 0 Å². The number of para-hydroxylation sites is 1. The van der Waals surface area contributed by atoms with Crippen LogP contribution in [0.2, 0.25) is 0 Å². The molecule has 0 unspecified atom stereocenters. The smallest absolute Gasteiger partial charge is 0.257 e. The van der Waals surface area contributed by atoms with Crippen molar-refractivity contribution in [3.05, 3.63) is 48.0 Å². The zero-order valence-electron chi connectivity index (χ0n) is 20.3. The highest BCUT2D eigenvalue weighted by Gasteiger charge is 2.22. The molecule has 186 valence electrons. The minimum absolute atomic E-state index is 0.313. The molecule has 1 saturated heterocycles. The SMILES string of the molecule is CCOc1cc(C(=O)Nc2nnc(N3CCN(c4ccccc4)CC3)s2)cc(OCC)c1OCC. The second-order valence-electron chi connectivity index (χ2n) is 7.75. The van der Waals surface area contributed by atoms with Crippen molar-refractivity contribution in [1.82, 2.24) is 10.2 Å². The van der Waals surface area contributed by atoms with Crippen molar-refractivity contribution in [1.29, 1.82) is 0 Å². The van der Waals surface area contributed by atoms with Crippen LogP contribution in [0.5, 0.6) is 17.2 Å². The molecule has 1 aliphatic rings. The van der Waals surface area contributed by atoms with Crippen LogP contribution in [0.4, 0.5) is 16.0 Å². The van der Waals surface area contributed by atoms with Crippen LogP contribution >= 0.6 is 11.3 Å². The van der Waals surface area contributed by atoms with Gasteiger partial charge in [-0.15, -0.1) is 10.2 Å².